The minimum absolute atomic E-state index is 0.568. The zero-order valence-electron chi connectivity index (χ0n) is 26.7. The van der Waals surface area contributed by atoms with Crippen LogP contribution in [0.2, 0.25) is 0 Å². The molecule has 0 spiro atoms. The van der Waals surface area contributed by atoms with Gasteiger partial charge in [0.15, 0.2) is 17.5 Å². The van der Waals surface area contributed by atoms with Crippen molar-refractivity contribution < 1.29 is 4.42 Å². The molecule has 5 heteroatoms. The molecule has 234 valence electrons. The number of aromatic nitrogens is 3. The molecule has 10 aromatic rings. The van der Waals surface area contributed by atoms with Gasteiger partial charge in [-0.2, -0.15) is 0 Å². The Labute approximate surface area is 292 Å². The standard InChI is InChI=1S/C45H27N3OS/c1-3-11-28(12-4-1)29-21-23-31(24-22-29)44-46-43(30-13-5-2-6-14-30)47-45(48-44)37-18-9-17-36-41-33(16-10-19-38(41)49-42(36)37)32-25-26-35-34-15-7-8-20-39(34)50-40(35)27-32/h1-27H. The average molecular weight is 658 g/mol. The lowest BCUT2D eigenvalue weighted by molar-refractivity contribution is 0.669. The van der Waals surface area contributed by atoms with E-state index < -0.39 is 0 Å². The zero-order chi connectivity index (χ0) is 33.0. The van der Waals surface area contributed by atoms with Crippen molar-refractivity contribution in [2.45, 2.75) is 0 Å². The minimum Gasteiger partial charge on any atom is -0.455 e. The van der Waals surface area contributed by atoms with E-state index in [1.807, 2.05) is 59.9 Å². The lowest BCUT2D eigenvalue weighted by Crippen LogP contribution is -2.00. The molecule has 0 atom stereocenters. The molecule has 4 nitrogen and oxygen atoms in total. The highest BCUT2D eigenvalue weighted by Crippen LogP contribution is 2.42. The predicted molar refractivity (Wildman–Crippen MR) is 207 cm³/mol. The second-order valence-corrected chi connectivity index (χ2v) is 13.5. The molecule has 10 rings (SSSR count). The number of rotatable bonds is 5. The topological polar surface area (TPSA) is 51.8 Å². The van der Waals surface area contributed by atoms with Crippen molar-refractivity contribution in [1.82, 2.24) is 15.0 Å². The quantitative estimate of drug-likeness (QED) is 0.185. The minimum atomic E-state index is 0.568. The number of hydrogen-bond donors (Lipinski definition) is 0. The highest BCUT2D eigenvalue weighted by molar-refractivity contribution is 7.25. The van der Waals surface area contributed by atoms with Crippen molar-refractivity contribution >= 4 is 53.4 Å². The molecule has 0 N–H and O–H groups in total. The molecule has 0 radical (unpaired) electrons. The van der Waals surface area contributed by atoms with Gasteiger partial charge in [0.1, 0.15) is 11.2 Å². The van der Waals surface area contributed by atoms with Crippen LogP contribution in [0.25, 0.3) is 98.5 Å². The second-order valence-electron chi connectivity index (χ2n) is 12.4. The summed E-state index contributed by atoms with van der Waals surface area (Å²) in [7, 11) is 0. The van der Waals surface area contributed by atoms with Gasteiger partial charge in [0.05, 0.1) is 5.56 Å². The first kappa shape index (κ1) is 28.6. The van der Waals surface area contributed by atoms with Crippen LogP contribution in [-0.4, -0.2) is 15.0 Å². The first-order valence-electron chi connectivity index (χ1n) is 16.6. The van der Waals surface area contributed by atoms with E-state index in [-0.39, 0.29) is 0 Å². The number of thiophene rings is 1. The molecule has 0 aliphatic heterocycles. The summed E-state index contributed by atoms with van der Waals surface area (Å²) in [6, 6.07) is 56.8. The first-order valence-corrected chi connectivity index (χ1v) is 17.4. The van der Waals surface area contributed by atoms with Gasteiger partial charge in [0, 0.05) is 42.1 Å². The van der Waals surface area contributed by atoms with Crippen LogP contribution in [0.4, 0.5) is 0 Å². The number of para-hydroxylation sites is 1. The van der Waals surface area contributed by atoms with E-state index in [2.05, 4.69) is 115 Å². The van der Waals surface area contributed by atoms with Crippen molar-refractivity contribution in [3.05, 3.63) is 164 Å². The zero-order valence-corrected chi connectivity index (χ0v) is 27.6. The summed E-state index contributed by atoms with van der Waals surface area (Å²) in [5, 5.41) is 4.70. The molecule has 3 aromatic heterocycles. The van der Waals surface area contributed by atoms with Gasteiger partial charge in [0.25, 0.3) is 0 Å². The molecule has 50 heavy (non-hydrogen) atoms. The Morgan fingerprint density at radius 2 is 0.940 bits per heavy atom. The van der Waals surface area contributed by atoms with Crippen molar-refractivity contribution in [2.24, 2.45) is 0 Å². The number of fused-ring (bicyclic) bond motifs is 6. The maximum atomic E-state index is 6.69. The fourth-order valence-corrected chi connectivity index (χ4v) is 8.09. The van der Waals surface area contributed by atoms with E-state index in [1.165, 1.54) is 25.7 Å². The summed E-state index contributed by atoms with van der Waals surface area (Å²) in [6.07, 6.45) is 0. The summed E-state index contributed by atoms with van der Waals surface area (Å²) in [5.41, 5.74) is 8.86. The van der Waals surface area contributed by atoms with Gasteiger partial charge < -0.3 is 4.42 Å². The summed E-state index contributed by atoms with van der Waals surface area (Å²) < 4.78 is 9.27. The third kappa shape index (κ3) is 4.79. The van der Waals surface area contributed by atoms with Crippen LogP contribution >= 0.6 is 11.3 Å². The Kier molecular flexibility index (Phi) is 6.64. The molecule has 7 aromatic carbocycles. The van der Waals surface area contributed by atoms with Crippen LogP contribution in [0.5, 0.6) is 0 Å². The van der Waals surface area contributed by atoms with Crippen molar-refractivity contribution in [3.63, 3.8) is 0 Å². The van der Waals surface area contributed by atoms with E-state index in [9.17, 15) is 0 Å². The molecule has 0 fully saturated rings. The van der Waals surface area contributed by atoms with Gasteiger partial charge in [-0.25, -0.2) is 15.0 Å². The van der Waals surface area contributed by atoms with Crippen LogP contribution in [0.15, 0.2) is 168 Å². The van der Waals surface area contributed by atoms with Crippen LogP contribution in [0.3, 0.4) is 0 Å². The molecule has 0 aliphatic carbocycles. The maximum Gasteiger partial charge on any atom is 0.167 e. The SMILES string of the molecule is c1ccc(-c2ccc(-c3nc(-c4ccccc4)nc(-c4cccc5c4oc4cccc(-c6ccc7c(c6)sc6ccccc67)c45)n3)cc2)cc1. The summed E-state index contributed by atoms with van der Waals surface area (Å²) in [6.45, 7) is 0. The van der Waals surface area contributed by atoms with Crippen molar-refractivity contribution in [2.75, 3.05) is 0 Å². The highest BCUT2D eigenvalue weighted by Gasteiger charge is 2.20. The molecule has 0 bridgehead atoms. The van der Waals surface area contributed by atoms with Crippen LogP contribution < -0.4 is 0 Å². The second kappa shape index (κ2) is 11.6. The van der Waals surface area contributed by atoms with E-state index >= 15 is 0 Å². The summed E-state index contributed by atoms with van der Waals surface area (Å²) in [4.78, 5) is 15.1. The molecule has 3 heterocycles. The fourth-order valence-electron chi connectivity index (χ4n) is 6.94. The predicted octanol–water partition coefficient (Wildman–Crippen LogP) is 12.5. The highest BCUT2D eigenvalue weighted by atomic mass is 32.1. The third-order valence-corrected chi connectivity index (χ3v) is 10.5. The Bertz CT molecular complexity index is 2860. The summed E-state index contributed by atoms with van der Waals surface area (Å²) in [5.74, 6) is 1.79. The molecular formula is C45H27N3OS. The largest absolute Gasteiger partial charge is 0.455 e. The van der Waals surface area contributed by atoms with E-state index in [1.54, 1.807) is 0 Å². The van der Waals surface area contributed by atoms with Crippen LogP contribution in [0, 0.1) is 0 Å². The third-order valence-electron chi connectivity index (χ3n) is 9.37. The van der Waals surface area contributed by atoms with Crippen molar-refractivity contribution in [3.8, 4) is 56.4 Å². The Morgan fingerprint density at radius 1 is 0.380 bits per heavy atom. The Morgan fingerprint density at radius 3 is 1.74 bits per heavy atom. The molecular weight excluding hydrogens is 631 g/mol. The van der Waals surface area contributed by atoms with Gasteiger partial charge in [0.2, 0.25) is 0 Å². The number of hydrogen-bond acceptors (Lipinski definition) is 5. The van der Waals surface area contributed by atoms with E-state index in [0.29, 0.717) is 17.5 Å². The lowest BCUT2D eigenvalue weighted by Gasteiger charge is -2.09. The summed E-state index contributed by atoms with van der Waals surface area (Å²) >= 11 is 1.83. The Hall–Kier alpha value is -6.43. The van der Waals surface area contributed by atoms with Crippen molar-refractivity contribution in [1.29, 1.82) is 0 Å². The Balaban J connectivity index is 1.14. The smallest absolute Gasteiger partial charge is 0.167 e. The normalized spacial score (nSPS) is 11.6. The lowest BCUT2D eigenvalue weighted by atomic mass is 9.98. The molecule has 0 unspecified atom stereocenters. The molecule has 0 saturated heterocycles. The van der Waals surface area contributed by atoms with Gasteiger partial charge in [-0.3, -0.25) is 0 Å². The van der Waals surface area contributed by atoms with Crippen LogP contribution in [-0.2, 0) is 0 Å². The average Bonchev–Trinajstić information content (AvgIpc) is 3.77. The molecule has 0 aliphatic rings. The molecule has 0 saturated carbocycles. The number of benzene rings is 7. The van der Waals surface area contributed by atoms with E-state index in [0.717, 1.165) is 55.3 Å². The van der Waals surface area contributed by atoms with Gasteiger partial charge in [-0.05, 0) is 46.5 Å². The van der Waals surface area contributed by atoms with Crippen LogP contribution in [0.1, 0.15) is 0 Å². The number of furan rings is 1. The maximum absolute atomic E-state index is 6.69. The monoisotopic (exact) mass is 657 g/mol. The van der Waals surface area contributed by atoms with Gasteiger partial charge in [-0.15, -0.1) is 11.3 Å². The fraction of sp³-hybridized carbons (Fsp3) is 0. The number of nitrogens with zero attached hydrogens (tertiary/aromatic N) is 3. The van der Waals surface area contributed by atoms with Gasteiger partial charge in [-0.1, -0.05) is 140 Å². The first-order chi connectivity index (χ1) is 24.8. The van der Waals surface area contributed by atoms with E-state index in [4.69, 9.17) is 19.4 Å². The van der Waals surface area contributed by atoms with Gasteiger partial charge >= 0.3 is 0 Å². The molecule has 0 amide bonds.